The molecule has 20 heavy (non-hydrogen) atoms. The Kier molecular flexibility index (Phi) is 3.54. The fourth-order valence-corrected chi connectivity index (χ4v) is 4.99. The minimum absolute atomic E-state index is 0.0381. The zero-order valence-corrected chi connectivity index (χ0v) is 12.5. The molecule has 1 unspecified atom stereocenters. The lowest BCUT2D eigenvalue weighted by Crippen LogP contribution is -2.30. The largest absolute Gasteiger partial charge is 0.399 e. The average molecular weight is 308 g/mol. The third kappa shape index (κ3) is 2.34. The zero-order valence-electron chi connectivity index (χ0n) is 10.9. The van der Waals surface area contributed by atoms with Crippen LogP contribution in [0.1, 0.15) is 24.4 Å². The van der Waals surface area contributed by atoms with Crippen molar-refractivity contribution >= 4 is 27.0 Å². The second kappa shape index (κ2) is 5.20. The molecular weight excluding hydrogens is 292 g/mol. The summed E-state index contributed by atoms with van der Waals surface area (Å²) < 4.78 is 27.1. The van der Waals surface area contributed by atoms with Crippen LogP contribution in [0.25, 0.3) is 0 Å². The van der Waals surface area contributed by atoms with Crippen LogP contribution in [0.15, 0.2) is 46.0 Å². The summed E-state index contributed by atoms with van der Waals surface area (Å²) in [5.41, 5.74) is 7.28. The SMILES string of the molecule is Nc1ccc(S(=O)(=O)N2CCCC2c2ccsc2)cc1. The molecule has 4 nitrogen and oxygen atoms in total. The number of thiophene rings is 1. The van der Waals surface area contributed by atoms with Gasteiger partial charge in [0, 0.05) is 12.2 Å². The van der Waals surface area contributed by atoms with Crippen LogP contribution in [0.2, 0.25) is 0 Å². The first kappa shape index (κ1) is 13.6. The number of nitrogen functional groups attached to an aromatic ring is 1. The molecule has 1 fully saturated rings. The van der Waals surface area contributed by atoms with E-state index in [0.717, 1.165) is 18.4 Å². The fraction of sp³-hybridized carbons (Fsp3) is 0.286. The predicted molar refractivity (Wildman–Crippen MR) is 81.0 cm³/mol. The van der Waals surface area contributed by atoms with Crippen molar-refractivity contribution < 1.29 is 8.42 Å². The van der Waals surface area contributed by atoms with Crippen molar-refractivity contribution in [3.8, 4) is 0 Å². The number of hydrogen-bond acceptors (Lipinski definition) is 4. The van der Waals surface area contributed by atoms with E-state index in [-0.39, 0.29) is 6.04 Å². The number of nitrogens with zero attached hydrogens (tertiary/aromatic N) is 1. The Labute approximate surface area is 122 Å². The van der Waals surface area contributed by atoms with E-state index >= 15 is 0 Å². The monoisotopic (exact) mass is 308 g/mol. The zero-order chi connectivity index (χ0) is 14.2. The van der Waals surface area contributed by atoms with Crippen LogP contribution in [0, 0.1) is 0 Å². The normalized spacial score (nSPS) is 20.3. The van der Waals surface area contributed by atoms with E-state index in [1.54, 1.807) is 39.9 Å². The molecule has 0 aliphatic carbocycles. The molecule has 0 saturated carbocycles. The van der Waals surface area contributed by atoms with Crippen molar-refractivity contribution in [2.24, 2.45) is 0 Å². The summed E-state index contributed by atoms with van der Waals surface area (Å²) in [4.78, 5) is 0.314. The maximum Gasteiger partial charge on any atom is 0.243 e. The van der Waals surface area contributed by atoms with Crippen LogP contribution in [0.4, 0.5) is 5.69 Å². The van der Waals surface area contributed by atoms with Gasteiger partial charge in [0.2, 0.25) is 10.0 Å². The molecule has 0 spiro atoms. The molecule has 0 radical (unpaired) electrons. The summed E-state index contributed by atoms with van der Waals surface area (Å²) >= 11 is 1.60. The van der Waals surface area contributed by atoms with Gasteiger partial charge in [0.1, 0.15) is 0 Å². The molecule has 0 bridgehead atoms. The number of benzene rings is 1. The van der Waals surface area contributed by atoms with Gasteiger partial charge < -0.3 is 5.73 Å². The highest BCUT2D eigenvalue weighted by Gasteiger charge is 2.36. The number of rotatable bonds is 3. The third-order valence-electron chi connectivity index (χ3n) is 3.62. The Morgan fingerprint density at radius 3 is 2.60 bits per heavy atom. The molecule has 1 aliphatic heterocycles. The molecule has 2 heterocycles. The van der Waals surface area contributed by atoms with Gasteiger partial charge in [-0.2, -0.15) is 15.6 Å². The summed E-state index contributed by atoms with van der Waals surface area (Å²) in [6, 6.07) is 8.38. The quantitative estimate of drug-likeness (QED) is 0.887. The predicted octanol–water partition coefficient (Wildman–Crippen LogP) is 2.86. The molecular formula is C14H16N2O2S2. The molecule has 2 aromatic rings. The topological polar surface area (TPSA) is 63.4 Å². The Hall–Kier alpha value is -1.37. The van der Waals surface area contributed by atoms with Crippen molar-refractivity contribution in [2.45, 2.75) is 23.8 Å². The van der Waals surface area contributed by atoms with E-state index in [1.807, 2.05) is 16.8 Å². The molecule has 1 atom stereocenters. The fourth-order valence-electron chi connectivity index (χ4n) is 2.60. The summed E-state index contributed by atoms with van der Waals surface area (Å²) in [5, 5.41) is 4.02. The first-order chi connectivity index (χ1) is 9.59. The minimum Gasteiger partial charge on any atom is -0.399 e. The van der Waals surface area contributed by atoms with Crippen LogP contribution in [0.5, 0.6) is 0 Å². The van der Waals surface area contributed by atoms with Crippen LogP contribution in [0.3, 0.4) is 0 Å². The highest BCUT2D eigenvalue weighted by Crippen LogP contribution is 2.37. The molecule has 1 aromatic carbocycles. The standard InChI is InChI=1S/C14H16N2O2S2/c15-12-3-5-13(6-4-12)20(17,18)16-8-1-2-14(16)11-7-9-19-10-11/h3-7,9-10,14H,1-2,8,15H2. The highest BCUT2D eigenvalue weighted by molar-refractivity contribution is 7.89. The van der Waals surface area contributed by atoms with E-state index in [9.17, 15) is 8.42 Å². The van der Waals surface area contributed by atoms with E-state index in [4.69, 9.17) is 5.73 Å². The smallest absolute Gasteiger partial charge is 0.243 e. The van der Waals surface area contributed by atoms with E-state index in [2.05, 4.69) is 0 Å². The lowest BCUT2D eigenvalue weighted by molar-refractivity contribution is 0.397. The number of sulfonamides is 1. The minimum atomic E-state index is -3.45. The van der Waals surface area contributed by atoms with Crippen molar-refractivity contribution in [3.63, 3.8) is 0 Å². The van der Waals surface area contributed by atoms with Gasteiger partial charge >= 0.3 is 0 Å². The Morgan fingerprint density at radius 1 is 1.20 bits per heavy atom. The molecule has 6 heteroatoms. The van der Waals surface area contributed by atoms with Gasteiger partial charge in [-0.15, -0.1) is 0 Å². The van der Waals surface area contributed by atoms with Crippen LogP contribution in [-0.2, 0) is 10.0 Å². The van der Waals surface area contributed by atoms with Crippen LogP contribution in [-0.4, -0.2) is 19.3 Å². The van der Waals surface area contributed by atoms with Gasteiger partial charge in [-0.1, -0.05) is 0 Å². The maximum absolute atomic E-state index is 12.7. The van der Waals surface area contributed by atoms with Gasteiger partial charge in [0.05, 0.1) is 10.9 Å². The van der Waals surface area contributed by atoms with Gasteiger partial charge in [0.15, 0.2) is 0 Å². The van der Waals surface area contributed by atoms with Crippen LogP contribution < -0.4 is 5.73 Å². The second-order valence-electron chi connectivity index (χ2n) is 4.90. The van der Waals surface area contributed by atoms with E-state index < -0.39 is 10.0 Å². The first-order valence-electron chi connectivity index (χ1n) is 6.48. The molecule has 1 aliphatic rings. The Balaban J connectivity index is 1.96. The second-order valence-corrected chi connectivity index (χ2v) is 7.57. The molecule has 1 aromatic heterocycles. The number of nitrogens with two attached hydrogens (primary N) is 1. The van der Waals surface area contributed by atoms with Crippen LogP contribution >= 0.6 is 11.3 Å². The lowest BCUT2D eigenvalue weighted by Gasteiger charge is -2.23. The molecule has 106 valence electrons. The maximum atomic E-state index is 12.7. The molecule has 0 amide bonds. The summed E-state index contributed by atoms with van der Waals surface area (Å²) in [7, 11) is -3.45. The van der Waals surface area contributed by atoms with Crippen molar-refractivity contribution in [3.05, 3.63) is 46.7 Å². The molecule has 2 N–H and O–H groups in total. The van der Waals surface area contributed by atoms with Crippen molar-refractivity contribution in [1.82, 2.24) is 4.31 Å². The molecule has 3 rings (SSSR count). The van der Waals surface area contributed by atoms with Gasteiger partial charge in [-0.05, 0) is 59.5 Å². The summed E-state index contributed by atoms with van der Waals surface area (Å²) in [5.74, 6) is 0. The van der Waals surface area contributed by atoms with E-state index in [1.165, 1.54) is 0 Å². The average Bonchev–Trinajstić information content (AvgIpc) is 3.10. The first-order valence-corrected chi connectivity index (χ1v) is 8.87. The number of anilines is 1. The highest BCUT2D eigenvalue weighted by atomic mass is 32.2. The lowest BCUT2D eigenvalue weighted by atomic mass is 10.1. The Bertz CT molecular complexity index is 678. The van der Waals surface area contributed by atoms with Crippen molar-refractivity contribution in [1.29, 1.82) is 0 Å². The summed E-state index contributed by atoms with van der Waals surface area (Å²) in [6.45, 7) is 0.577. The van der Waals surface area contributed by atoms with Gasteiger partial charge in [-0.25, -0.2) is 8.42 Å². The van der Waals surface area contributed by atoms with Gasteiger partial charge in [0.25, 0.3) is 0 Å². The van der Waals surface area contributed by atoms with E-state index in [0.29, 0.717) is 17.1 Å². The Morgan fingerprint density at radius 2 is 1.95 bits per heavy atom. The third-order valence-corrected chi connectivity index (χ3v) is 6.24. The summed E-state index contributed by atoms with van der Waals surface area (Å²) in [6.07, 6.45) is 1.78. The number of hydrogen-bond donors (Lipinski definition) is 1. The van der Waals surface area contributed by atoms with Crippen molar-refractivity contribution in [2.75, 3.05) is 12.3 Å². The van der Waals surface area contributed by atoms with Gasteiger partial charge in [-0.3, -0.25) is 0 Å². The molecule has 1 saturated heterocycles.